The second-order valence-electron chi connectivity index (χ2n) is 6.24. The lowest BCUT2D eigenvalue weighted by Crippen LogP contribution is -2.38. The summed E-state index contributed by atoms with van der Waals surface area (Å²) >= 11 is 7.20. The Balaban J connectivity index is 1.35. The molecule has 3 heterocycles. The lowest BCUT2D eigenvalue weighted by molar-refractivity contribution is -0.134. The normalized spacial score (nSPS) is 12.9. The number of anilines is 1. The number of carbonyl (C=O) groups excluding carboxylic acids is 2. The molecular weight excluding hydrogens is 414 g/mol. The number of hydrogen-bond donors (Lipinski definition) is 1. The van der Waals surface area contributed by atoms with Gasteiger partial charge in [0, 0.05) is 35.3 Å². The van der Waals surface area contributed by atoms with Gasteiger partial charge in [0.2, 0.25) is 0 Å². The van der Waals surface area contributed by atoms with E-state index in [1.807, 2.05) is 0 Å². The summed E-state index contributed by atoms with van der Waals surface area (Å²) in [6.45, 7) is 0.944. The third kappa shape index (κ3) is 4.69. The van der Waals surface area contributed by atoms with Crippen LogP contribution in [-0.4, -0.2) is 44.8 Å². The lowest BCUT2D eigenvalue weighted by Gasteiger charge is -2.26. The molecule has 29 heavy (non-hydrogen) atoms. The molecule has 8 nitrogen and oxygen atoms in total. The second kappa shape index (κ2) is 8.54. The van der Waals surface area contributed by atoms with Crippen molar-refractivity contribution < 1.29 is 14.3 Å². The van der Waals surface area contributed by atoms with E-state index in [2.05, 4.69) is 20.3 Å². The molecule has 2 aromatic heterocycles. The van der Waals surface area contributed by atoms with Crippen molar-refractivity contribution in [2.24, 2.45) is 0 Å². The summed E-state index contributed by atoms with van der Waals surface area (Å²) in [7, 11) is 0. The molecule has 0 saturated heterocycles. The number of nitrogens with one attached hydrogen (secondary N) is 1. The van der Waals surface area contributed by atoms with Crippen molar-refractivity contribution in [3.63, 3.8) is 0 Å². The van der Waals surface area contributed by atoms with Gasteiger partial charge in [-0.15, -0.1) is 0 Å². The molecule has 0 unspecified atom stereocenters. The molecule has 1 aliphatic heterocycles. The van der Waals surface area contributed by atoms with Crippen LogP contribution in [0, 0.1) is 0 Å². The fourth-order valence-electron chi connectivity index (χ4n) is 2.81. The van der Waals surface area contributed by atoms with Crippen LogP contribution in [0.15, 0.2) is 42.9 Å². The first-order valence-corrected chi connectivity index (χ1v) is 10.00. The highest BCUT2D eigenvalue weighted by Crippen LogP contribution is 2.28. The van der Waals surface area contributed by atoms with Gasteiger partial charge in [0.05, 0.1) is 18.4 Å². The zero-order chi connectivity index (χ0) is 20.2. The number of hydrogen-bond acceptors (Lipinski definition) is 7. The highest BCUT2D eigenvalue weighted by molar-refractivity contribution is 7.15. The number of ether oxygens (including phenoxy) is 1. The maximum atomic E-state index is 12.5. The van der Waals surface area contributed by atoms with E-state index in [0.29, 0.717) is 35.4 Å². The summed E-state index contributed by atoms with van der Waals surface area (Å²) < 4.78 is 5.54. The molecule has 0 bridgehead atoms. The maximum Gasteiger partial charge on any atom is 0.277 e. The fourth-order valence-corrected chi connectivity index (χ4v) is 3.95. The van der Waals surface area contributed by atoms with Crippen LogP contribution in [-0.2, 0) is 17.8 Å². The van der Waals surface area contributed by atoms with Crippen LogP contribution in [0.1, 0.15) is 21.1 Å². The van der Waals surface area contributed by atoms with Crippen molar-refractivity contribution in [2.75, 3.05) is 18.5 Å². The highest BCUT2D eigenvalue weighted by atomic mass is 35.5. The number of amides is 2. The molecule has 1 aromatic carbocycles. The zero-order valence-corrected chi connectivity index (χ0v) is 16.7. The van der Waals surface area contributed by atoms with Crippen LogP contribution in [0.4, 0.5) is 5.13 Å². The van der Waals surface area contributed by atoms with Crippen LogP contribution < -0.4 is 10.1 Å². The van der Waals surface area contributed by atoms with Gasteiger partial charge in [0.1, 0.15) is 11.4 Å². The molecule has 148 valence electrons. The first-order chi connectivity index (χ1) is 14.1. The molecule has 3 aromatic rings. The minimum Gasteiger partial charge on any atom is -0.484 e. The topological polar surface area (TPSA) is 97.3 Å². The number of halogens is 1. The number of fused-ring (bicyclic) bond motifs is 1. The number of rotatable bonds is 5. The number of benzene rings is 1. The number of aromatic nitrogens is 3. The van der Waals surface area contributed by atoms with E-state index in [-0.39, 0.29) is 24.1 Å². The molecule has 0 fully saturated rings. The molecule has 0 aliphatic carbocycles. The van der Waals surface area contributed by atoms with E-state index in [4.69, 9.17) is 16.3 Å². The van der Waals surface area contributed by atoms with Gasteiger partial charge in [-0.3, -0.25) is 19.9 Å². The Hall–Kier alpha value is -3.04. The van der Waals surface area contributed by atoms with Gasteiger partial charge >= 0.3 is 0 Å². The third-order valence-electron chi connectivity index (χ3n) is 4.28. The minimum absolute atomic E-state index is 0.0496. The Morgan fingerprint density at radius 3 is 2.83 bits per heavy atom. The smallest absolute Gasteiger partial charge is 0.277 e. The Morgan fingerprint density at radius 1 is 1.24 bits per heavy atom. The molecule has 0 spiro atoms. The lowest BCUT2D eigenvalue weighted by atomic mass is 10.2. The number of carbonyl (C=O) groups is 2. The van der Waals surface area contributed by atoms with Crippen molar-refractivity contribution in [3.05, 3.63) is 64.1 Å². The van der Waals surface area contributed by atoms with Crippen molar-refractivity contribution in [3.8, 4) is 5.75 Å². The summed E-state index contributed by atoms with van der Waals surface area (Å²) in [5.74, 6) is 0.116. The molecule has 0 saturated carbocycles. The van der Waals surface area contributed by atoms with Crippen LogP contribution in [0.2, 0.25) is 5.02 Å². The predicted octanol–water partition coefficient (Wildman–Crippen LogP) is 2.80. The maximum absolute atomic E-state index is 12.5. The van der Waals surface area contributed by atoms with Crippen LogP contribution in [0.5, 0.6) is 5.75 Å². The van der Waals surface area contributed by atoms with E-state index < -0.39 is 0 Å². The number of thiazole rings is 1. The minimum atomic E-state index is -0.367. The quantitative estimate of drug-likeness (QED) is 0.669. The molecule has 2 amide bonds. The summed E-state index contributed by atoms with van der Waals surface area (Å²) in [4.78, 5) is 39.7. The van der Waals surface area contributed by atoms with Crippen molar-refractivity contribution in [1.82, 2.24) is 19.9 Å². The van der Waals surface area contributed by atoms with Crippen LogP contribution in [0.3, 0.4) is 0 Å². The number of nitrogens with zero attached hydrogens (tertiary/aromatic N) is 4. The van der Waals surface area contributed by atoms with E-state index in [1.54, 1.807) is 29.2 Å². The molecule has 10 heteroatoms. The van der Waals surface area contributed by atoms with Crippen molar-refractivity contribution in [2.45, 2.75) is 13.0 Å². The van der Waals surface area contributed by atoms with Gasteiger partial charge in [-0.25, -0.2) is 9.97 Å². The molecule has 1 N–H and O–H groups in total. The van der Waals surface area contributed by atoms with E-state index in [0.717, 1.165) is 10.6 Å². The summed E-state index contributed by atoms with van der Waals surface area (Å²) in [6, 6.07) is 6.86. The third-order valence-corrected chi connectivity index (χ3v) is 5.53. The van der Waals surface area contributed by atoms with Crippen LogP contribution in [0.25, 0.3) is 0 Å². The molecule has 4 rings (SSSR count). The van der Waals surface area contributed by atoms with E-state index in [9.17, 15) is 9.59 Å². The predicted molar refractivity (Wildman–Crippen MR) is 108 cm³/mol. The Morgan fingerprint density at radius 2 is 2.07 bits per heavy atom. The molecule has 0 radical (unpaired) electrons. The Bertz CT molecular complexity index is 1030. The SMILES string of the molecule is O=C(Nc1nc2c(s1)CN(C(=O)COc1ccc(Cl)cc1)CC2)c1cnccn1. The zero-order valence-electron chi connectivity index (χ0n) is 15.2. The van der Waals surface area contributed by atoms with Crippen molar-refractivity contribution in [1.29, 1.82) is 0 Å². The van der Waals surface area contributed by atoms with Crippen LogP contribution >= 0.6 is 22.9 Å². The first-order valence-electron chi connectivity index (χ1n) is 8.80. The van der Waals surface area contributed by atoms with E-state index in [1.165, 1.54) is 29.9 Å². The van der Waals surface area contributed by atoms with Gasteiger partial charge in [-0.2, -0.15) is 0 Å². The molecular formula is C19H16ClN5O3S. The Kier molecular flexibility index (Phi) is 5.68. The molecule has 1 aliphatic rings. The highest BCUT2D eigenvalue weighted by Gasteiger charge is 2.25. The first kappa shape index (κ1) is 19.3. The summed E-state index contributed by atoms with van der Waals surface area (Å²) in [6.07, 6.45) is 4.97. The van der Waals surface area contributed by atoms with Gasteiger partial charge < -0.3 is 9.64 Å². The summed E-state index contributed by atoms with van der Waals surface area (Å²) in [5.41, 5.74) is 1.11. The van der Waals surface area contributed by atoms with Gasteiger partial charge in [-0.05, 0) is 24.3 Å². The van der Waals surface area contributed by atoms with E-state index >= 15 is 0 Å². The second-order valence-corrected chi connectivity index (χ2v) is 7.76. The van der Waals surface area contributed by atoms with Crippen molar-refractivity contribution >= 4 is 39.9 Å². The average Bonchev–Trinajstić information content (AvgIpc) is 3.15. The van der Waals surface area contributed by atoms with Gasteiger partial charge in [-0.1, -0.05) is 22.9 Å². The Labute approximate surface area is 175 Å². The average molecular weight is 430 g/mol. The summed E-state index contributed by atoms with van der Waals surface area (Å²) in [5, 5.41) is 3.83. The largest absolute Gasteiger partial charge is 0.484 e. The monoisotopic (exact) mass is 429 g/mol. The standard InChI is InChI=1S/C19H16ClN5O3S/c20-12-1-3-13(4-2-12)28-11-17(26)25-8-5-14-16(10-25)29-19(23-14)24-18(27)15-9-21-6-7-22-15/h1-4,6-7,9H,5,8,10-11H2,(H,23,24,27). The van der Waals surface area contributed by atoms with Gasteiger partial charge in [0.15, 0.2) is 11.7 Å². The molecule has 0 atom stereocenters. The fraction of sp³-hybridized carbons (Fsp3) is 0.211. The van der Waals surface area contributed by atoms with Gasteiger partial charge in [0.25, 0.3) is 11.8 Å².